The van der Waals surface area contributed by atoms with Crippen molar-refractivity contribution in [2.24, 2.45) is 0 Å². The predicted octanol–water partition coefficient (Wildman–Crippen LogP) is 2.40. The standard InChI is InChI=1S/C17H22N2O3S/c1-19(2)14(13-5-6-23-10-13)8-18-9-15(20)12-3-4-16-17(7-12)22-11-21-16/h3-7,10,14-15,18,20H,8-9,11H2,1-2H3. The van der Waals surface area contributed by atoms with E-state index in [1.807, 2.05) is 18.2 Å². The highest BCUT2D eigenvalue weighted by Gasteiger charge is 2.18. The average Bonchev–Trinajstić information content (AvgIpc) is 3.21. The van der Waals surface area contributed by atoms with Gasteiger partial charge in [-0.1, -0.05) is 6.07 Å². The molecule has 2 unspecified atom stereocenters. The molecule has 0 saturated carbocycles. The van der Waals surface area contributed by atoms with E-state index in [2.05, 4.69) is 41.1 Å². The summed E-state index contributed by atoms with van der Waals surface area (Å²) in [5.74, 6) is 1.44. The van der Waals surface area contributed by atoms with Crippen molar-refractivity contribution in [2.45, 2.75) is 12.1 Å². The summed E-state index contributed by atoms with van der Waals surface area (Å²) < 4.78 is 10.6. The zero-order chi connectivity index (χ0) is 16.2. The normalized spacial score (nSPS) is 15.8. The van der Waals surface area contributed by atoms with Crippen molar-refractivity contribution >= 4 is 11.3 Å². The molecule has 0 amide bonds. The summed E-state index contributed by atoms with van der Waals surface area (Å²) in [6.45, 7) is 1.53. The van der Waals surface area contributed by atoms with Crippen LogP contribution in [0.3, 0.4) is 0 Å². The highest BCUT2D eigenvalue weighted by atomic mass is 32.1. The van der Waals surface area contributed by atoms with Gasteiger partial charge in [-0.25, -0.2) is 0 Å². The molecule has 2 atom stereocenters. The molecule has 1 aliphatic rings. The Morgan fingerprint density at radius 2 is 2.00 bits per heavy atom. The van der Waals surface area contributed by atoms with Gasteiger partial charge in [0.05, 0.1) is 6.10 Å². The van der Waals surface area contributed by atoms with Crippen molar-refractivity contribution in [3.05, 3.63) is 46.2 Å². The second-order valence-electron chi connectivity index (χ2n) is 5.82. The monoisotopic (exact) mass is 334 g/mol. The topological polar surface area (TPSA) is 54.0 Å². The summed E-state index contributed by atoms with van der Waals surface area (Å²) in [5, 5.41) is 18.0. The van der Waals surface area contributed by atoms with Gasteiger partial charge in [0.15, 0.2) is 11.5 Å². The number of hydrogen-bond donors (Lipinski definition) is 2. The molecule has 0 radical (unpaired) electrons. The SMILES string of the molecule is CN(C)C(CNCC(O)c1ccc2c(c1)OCO2)c1ccsc1. The Labute approximate surface area is 140 Å². The number of hydrogen-bond acceptors (Lipinski definition) is 6. The molecule has 6 heteroatoms. The van der Waals surface area contributed by atoms with Crippen molar-refractivity contribution in [1.29, 1.82) is 0 Å². The molecule has 2 aromatic rings. The third kappa shape index (κ3) is 3.84. The van der Waals surface area contributed by atoms with Gasteiger partial charge < -0.3 is 24.8 Å². The van der Waals surface area contributed by atoms with Gasteiger partial charge in [0.2, 0.25) is 6.79 Å². The fourth-order valence-corrected chi connectivity index (χ4v) is 3.37. The van der Waals surface area contributed by atoms with E-state index in [9.17, 15) is 5.11 Å². The van der Waals surface area contributed by atoms with E-state index in [1.165, 1.54) is 5.56 Å². The Kier molecular flexibility index (Phi) is 5.17. The Morgan fingerprint density at radius 1 is 1.17 bits per heavy atom. The Balaban J connectivity index is 1.55. The zero-order valence-corrected chi connectivity index (χ0v) is 14.2. The van der Waals surface area contributed by atoms with Gasteiger partial charge in [-0.05, 0) is 54.2 Å². The van der Waals surface area contributed by atoms with Crippen LogP contribution in [0.4, 0.5) is 0 Å². The minimum atomic E-state index is -0.574. The van der Waals surface area contributed by atoms with Gasteiger partial charge in [-0.3, -0.25) is 0 Å². The number of thiophene rings is 1. The molecule has 0 bridgehead atoms. The van der Waals surface area contributed by atoms with E-state index in [0.29, 0.717) is 18.3 Å². The first-order valence-electron chi connectivity index (χ1n) is 7.62. The van der Waals surface area contributed by atoms with E-state index < -0.39 is 6.10 Å². The maximum atomic E-state index is 10.4. The number of aliphatic hydroxyl groups excluding tert-OH is 1. The molecule has 1 aromatic heterocycles. The Bertz CT molecular complexity index is 631. The fourth-order valence-electron chi connectivity index (χ4n) is 2.66. The van der Waals surface area contributed by atoms with Gasteiger partial charge in [0.25, 0.3) is 0 Å². The van der Waals surface area contributed by atoms with Crippen LogP contribution in [0.25, 0.3) is 0 Å². The maximum absolute atomic E-state index is 10.4. The lowest BCUT2D eigenvalue weighted by molar-refractivity contribution is 0.167. The van der Waals surface area contributed by atoms with Gasteiger partial charge in [0.1, 0.15) is 0 Å². The zero-order valence-electron chi connectivity index (χ0n) is 13.4. The summed E-state index contributed by atoms with van der Waals surface area (Å²) in [4.78, 5) is 2.18. The quantitative estimate of drug-likeness (QED) is 0.814. The van der Waals surface area contributed by atoms with Crippen LogP contribution >= 0.6 is 11.3 Å². The van der Waals surface area contributed by atoms with E-state index >= 15 is 0 Å². The molecule has 1 aromatic carbocycles. The van der Waals surface area contributed by atoms with Crippen LogP contribution in [0, 0.1) is 0 Å². The van der Waals surface area contributed by atoms with Gasteiger partial charge in [-0.2, -0.15) is 11.3 Å². The fraction of sp³-hybridized carbons (Fsp3) is 0.412. The lowest BCUT2D eigenvalue weighted by Crippen LogP contribution is -2.33. The van der Waals surface area contributed by atoms with E-state index in [0.717, 1.165) is 17.9 Å². The van der Waals surface area contributed by atoms with E-state index in [-0.39, 0.29) is 6.79 Å². The molecular weight excluding hydrogens is 312 g/mol. The predicted molar refractivity (Wildman–Crippen MR) is 91.1 cm³/mol. The third-order valence-corrected chi connectivity index (χ3v) is 4.71. The lowest BCUT2D eigenvalue weighted by Gasteiger charge is -2.24. The molecule has 3 rings (SSSR count). The average molecular weight is 334 g/mol. The molecule has 0 spiro atoms. The molecule has 0 fully saturated rings. The molecule has 124 valence electrons. The number of likely N-dealkylation sites (N-methyl/N-ethyl adjacent to an activating group) is 1. The number of nitrogens with one attached hydrogen (secondary N) is 1. The van der Waals surface area contributed by atoms with Crippen LogP contribution < -0.4 is 14.8 Å². The minimum absolute atomic E-state index is 0.248. The first-order valence-corrected chi connectivity index (χ1v) is 8.56. The number of rotatable bonds is 7. The molecule has 0 aliphatic carbocycles. The number of benzene rings is 1. The largest absolute Gasteiger partial charge is 0.454 e. The molecule has 5 nitrogen and oxygen atoms in total. The molecule has 1 aliphatic heterocycles. The van der Waals surface area contributed by atoms with Crippen molar-refractivity contribution in [2.75, 3.05) is 34.0 Å². The van der Waals surface area contributed by atoms with Crippen molar-refractivity contribution in [3.63, 3.8) is 0 Å². The van der Waals surface area contributed by atoms with Crippen LogP contribution in [-0.4, -0.2) is 44.0 Å². The van der Waals surface area contributed by atoms with Crippen LogP contribution in [0.15, 0.2) is 35.0 Å². The Hall–Kier alpha value is -1.60. The van der Waals surface area contributed by atoms with E-state index in [1.54, 1.807) is 11.3 Å². The smallest absolute Gasteiger partial charge is 0.231 e. The van der Waals surface area contributed by atoms with Crippen LogP contribution in [0.1, 0.15) is 23.3 Å². The van der Waals surface area contributed by atoms with Crippen molar-refractivity contribution in [1.82, 2.24) is 10.2 Å². The highest BCUT2D eigenvalue weighted by Crippen LogP contribution is 2.34. The van der Waals surface area contributed by atoms with Gasteiger partial charge >= 0.3 is 0 Å². The summed E-state index contributed by atoms with van der Waals surface area (Å²) in [6.07, 6.45) is -0.574. The molecular formula is C17H22N2O3S. The second kappa shape index (κ2) is 7.31. The molecule has 0 saturated heterocycles. The summed E-state index contributed by atoms with van der Waals surface area (Å²) in [5.41, 5.74) is 2.13. The van der Waals surface area contributed by atoms with Crippen molar-refractivity contribution < 1.29 is 14.6 Å². The molecule has 2 N–H and O–H groups in total. The third-order valence-electron chi connectivity index (χ3n) is 4.01. The lowest BCUT2D eigenvalue weighted by atomic mass is 10.1. The number of nitrogens with zero attached hydrogens (tertiary/aromatic N) is 1. The highest BCUT2D eigenvalue weighted by molar-refractivity contribution is 7.07. The minimum Gasteiger partial charge on any atom is -0.454 e. The van der Waals surface area contributed by atoms with Gasteiger partial charge in [-0.15, -0.1) is 0 Å². The number of fused-ring (bicyclic) bond motifs is 1. The summed E-state index contributed by atoms with van der Waals surface area (Å²) >= 11 is 1.70. The van der Waals surface area contributed by atoms with Crippen LogP contribution in [0.5, 0.6) is 11.5 Å². The molecule has 23 heavy (non-hydrogen) atoms. The first-order chi connectivity index (χ1) is 11.1. The van der Waals surface area contributed by atoms with Gasteiger partial charge in [0, 0.05) is 19.1 Å². The van der Waals surface area contributed by atoms with E-state index in [4.69, 9.17) is 9.47 Å². The number of aliphatic hydroxyl groups is 1. The maximum Gasteiger partial charge on any atom is 0.231 e. The summed E-state index contributed by atoms with van der Waals surface area (Å²) in [6, 6.07) is 8.00. The number of ether oxygens (including phenoxy) is 2. The van der Waals surface area contributed by atoms with Crippen LogP contribution in [-0.2, 0) is 0 Å². The van der Waals surface area contributed by atoms with Crippen LogP contribution in [0.2, 0.25) is 0 Å². The summed E-state index contributed by atoms with van der Waals surface area (Å²) in [7, 11) is 4.14. The van der Waals surface area contributed by atoms with Crippen molar-refractivity contribution in [3.8, 4) is 11.5 Å². The Morgan fingerprint density at radius 3 is 2.74 bits per heavy atom. The second-order valence-corrected chi connectivity index (χ2v) is 6.60. The first kappa shape index (κ1) is 16.3. The molecule has 2 heterocycles.